The number of ether oxygens (including phenoxy) is 1. The van der Waals surface area contributed by atoms with Gasteiger partial charge in [-0.15, -0.1) is 13.2 Å². The summed E-state index contributed by atoms with van der Waals surface area (Å²) in [6.07, 6.45) is -0.138. The maximum absolute atomic E-state index is 12.7. The zero-order valence-corrected chi connectivity index (χ0v) is 12.7. The Morgan fingerprint density at radius 1 is 1.00 bits per heavy atom. The van der Waals surface area contributed by atoms with Crippen LogP contribution >= 0.6 is 0 Å². The second-order valence-corrected chi connectivity index (χ2v) is 4.08. The molecule has 10 heteroatoms. The highest BCUT2D eigenvalue weighted by Crippen LogP contribution is 2.20. The van der Waals surface area contributed by atoms with Gasteiger partial charge in [0.2, 0.25) is 0 Å². The number of hydrogen-bond donors (Lipinski definition) is 1. The summed E-state index contributed by atoms with van der Waals surface area (Å²) in [5, 5.41) is 7.88. The molecule has 0 radical (unpaired) electrons. The lowest BCUT2D eigenvalue weighted by atomic mass is 10.1. The van der Waals surface area contributed by atoms with E-state index in [9.17, 15) is 36.7 Å². The van der Waals surface area contributed by atoms with Crippen LogP contribution < -0.4 is 0 Å². The predicted molar refractivity (Wildman–Crippen MR) is 75.9 cm³/mol. The van der Waals surface area contributed by atoms with E-state index in [1.54, 1.807) is 0 Å². The van der Waals surface area contributed by atoms with Gasteiger partial charge in [-0.1, -0.05) is 12.2 Å². The van der Waals surface area contributed by atoms with Crippen molar-refractivity contribution in [2.75, 3.05) is 6.61 Å². The third-order valence-corrected chi connectivity index (χ3v) is 2.12. The molecule has 0 aliphatic rings. The first-order valence-electron chi connectivity index (χ1n) is 6.34. The van der Waals surface area contributed by atoms with Crippen LogP contribution in [0.2, 0.25) is 0 Å². The van der Waals surface area contributed by atoms with Crippen molar-refractivity contribution in [3.8, 4) is 0 Å². The Balaban J connectivity index is -0.000000377. The Bertz CT molecular complexity index is 519. The molecule has 138 valence electrons. The molecule has 0 saturated carbocycles. The minimum absolute atomic E-state index is 0. The number of hydrogen-bond acceptors (Lipinski definition) is 5. The molecule has 0 aromatic carbocycles. The van der Waals surface area contributed by atoms with Gasteiger partial charge in [0.1, 0.15) is 0 Å². The van der Waals surface area contributed by atoms with Gasteiger partial charge in [-0.3, -0.25) is 9.59 Å². The average Bonchev–Trinajstić information content (AvgIpc) is 2.46. The van der Waals surface area contributed by atoms with Crippen LogP contribution in [0.25, 0.3) is 0 Å². The third kappa shape index (κ3) is 8.20. The summed E-state index contributed by atoms with van der Waals surface area (Å²) in [6.45, 7) is 7.34. The fraction of sp³-hybridized carbons (Fsp3) is 0.429. The van der Waals surface area contributed by atoms with E-state index in [1.807, 2.05) is 0 Å². The Morgan fingerprint density at radius 2 is 1.38 bits per heavy atom. The highest BCUT2D eigenvalue weighted by molar-refractivity contribution is 6.36. The SMILES string of the molecule is C=CCC(F)(F)C(=O)C(=O)O.C=CCC(F)(F)C(=O)C(=O)OCC.[HH]. The summed E-state index contributed by atoms with van der Waals surface area (Å²) in [4.78, 5) is 41.2. The molecular formula is C14H18F4O6. The van der Waals surface area contributed by atoms with E-state index in [1.165, 1.54) is 6.92 Å². The summed E-state index contributed by atoms with van der Waals surface area (Å²) >= 11 is 0. The zero-order valence-electron chi connectivity index (χ0n) is 12.7. The number of esters is 1. The Kier molecular flexibility index (Phi) is 10.2. The molecule has 0 atom stereocenters. The lowest BCUT2D eigenvalue weighted by molar-refractivity contribution is -0.165. The van der Waals surface area contributed by atoms with Crippen LogP contribution in [-0.4, -0.2) is 47.1 Å². The minimum Gasteiger partial charge on any atom is -0.475 e. The number of halogens is 4. The van der Waals surface area contributed by atoms with Crippen LogP contribution in [0.1, 0.15) is 21.2 Å². The van der Waals surface area contributed by atoms with Crippen molar-refractivity contribution in [3.63, 3.8) is 0 Å². The molecule has 0 fully saturated rings. The molecule has 0 aliphatic carbocycles. The van der Waals surface area contributed by atoms with Gasteiger partial charge in [-0.25, -0.2) is 9.59 Å². The predicted octanol–water partition coefficient (Wildman–Crippen LogP) is 2.43. The van der Waals surface area contributed by atoms with E-state index in [2.05, 4.69) is 17.9 Å². The van der Waals surface area contributed by atoms with Gasteiger partial charge in [-0.05, 0) is 6.92 Å². The van der Waals surface area contributed by atoms with E-state index in [4.69, 9.17) is 5.11 Å². The molecule has 0 aliphatic heterocycles. The molecule has 0 heterocycles. The Labute approximate surface area is 136 Å². The van der Waals surface area contributed by atoms with Crippen molar-refractivity contribution < 1.29 is 48.0 Å². The number of alkyl halides is 4. The molecule has 1 N–H and O–H groups in total. The van der Waals surface area contributed by atoms with E-state index in [0.29, 0.717) is 0 Å². The van der Waals surface area contributed by atoms with E-state index >= 15 is 0 Å². The van der Waals surface area contributed by atoms with Gasteiger partial charge in [-0.2, -0.15) is 17.6 Å². The molecular weight excluding hydrogens is 340 g/mol. The summed E-state index contributed by atoms with van der Waals surface area (Å²) in [5.74, 6) is -15.1. The minimum atomic E-state index is -3.83. The number of Topliss-reactive ketones (excluding diaryl/α,β-unsaturated/α-hetero) is 2. The van der Waals surface area contributed by atoms with Crippen LogP contribution in [0, 0.1) is 0 Å². The number of carbonyl (C=O) groups is 4. The number of aliphatic carboxylic acids is 1. The third-order valence-electron chi connectivity index (χ3n) is 2.12. The number of carboxylic acids is 1. The Hall–Kier alpha value is -2.52. The van der Waals surface area contributed by atoms with Crippen LogP contribution in [0.4, 0.5) is 17.6 Å². The van der Waals surface area contributed by atoms with Gasteiger partial charge in [0.15, 0.2) is 0 Å². The number of allylic oxidation sites excluding steroid dienone is 2. The zero-order chi connectivity index (χ0) is 19.6. The van der Waals surface area contributed by atoms with E-state index < -0.39 is 48.2 Å². The average molecular weight is 358 g/mol. The highest BCUT2D eigenvalue weighted by Gasteiger charge is 2.43. The Morgan fingerprint density at radius 3 is 1.67 bits per heavy atom. The lowest BCUT2D eigenvalue weighted by Crippen LogP contribution is -2.35. The topological polar surface area (TPSA) is 97.7 Å². The number of rotatable bonds is 9. The maximum Gasteiger partial charge on any atom is 0.381 e. The van der Waals surface area contributed by atoms with Crippen LogP contribution in [0.3, 0.4) is 0 Å². The molecule has 0 saturated heterocycles. The van der Waals surface area contributed by atoms with Crippen molar-refractivity contribution in [2.45, 2.75) is 31.6 Å². The summed E-state index contributed by atoms with van der Waals surface area (Å²) < 4.78 is 54.0. The fourth-order valence-corrected chi connectivity index (χ4v) is 1.05. The second-order valence-electron chi connectivity index (χ2n) is 4.08. The lowest BCUT2D eigenvalue weighted by Gasteiger charge is -2.10. The summed E-state index contributed by atoms with van der Waals surface area (Å²) in [7, 11) is 0. The maximum atomic E-state index is 12.7. The van der Waals surface area contributed by atoms with Gasteiger partial charge in [0, 0.05) is 14.3 Å². The van der Waals surface area contributed by atoms with Gasteiger partial charge in [0.25, 0.3) is 0 Å². The fourth-order valence-electron chi connectivity index (χ4n) is 1.05. The number of ketones is 2. The van der Waals surface area contributed by atoms with Crippen molar-refractivity contribution in [1.29, 1.82) is 0 Å². The largest absolute Gasteiger partial charge is 0.475 e. The van der Waals surface area contributed by atoms with Crippen molar-refractivity contribution in [2.24, 2.45) is 0 Å². The quantitative estimate of drug-likeness (QED) is 0.294. The van der Waals surface area contributed by atoms with Crippen LogP contribution in [0.15, 0.2) is 25.3 Å². The van der Waals surface area contributed by atoms with E-state index in [-0.39, 0.29) is 8.03 Å². The molecule has 0 rings (SSSR count). The smallest absolute Gasteiger partial charge is 0.381 e. The van der Waals surface area contributed by atoms with Gasteiger partial charge in [0.05, 0.1) is 6.61 Å². The van der Waals surface area contributed by atoms with Crippen molar-refractivity contribution in [3.05, 3.63) is 25.3 Å². The van der Waals surface area contributed by atoms with Crippen molar-refractivity contribution in [1.82, 2.24) is 0 Å². The second kappa shape index (κ2) is 10.3. The molecule has 0 amide bonds. The normalized spacial score (nSPS) is 10.7. The molecule has 0 bridgehead atoms. The van der Waals surface area contributed by atoms with E-state index in [0.717, 1.165) is 12.2 Å². The van der Waals surface area contributed by atoms with Gasteiger partial charge >= 0.3 is 35.4 Å². The molecule has 0 aromatic rings. The van der Waals surface area contributed by atoms with Crippen LogP contribution in [0.5, 0.6) is 0 Å². The monoisotopic (exact) mass is 358 g/mol. The molecule has 6 nitrogen and oxygen atoms in total. The van der Waals surface area contributed by atoms with Crippen molar-refractivity contribution >= 4 is 23.5 Å². The highest BCUT2D eigenvalue weighted by atomic mass is 19.3. The number of carboxylic acid groups (broad SMARTS) is 1. The number of carbonyl (C=O) groups excluding carboxylic acids is 3. The molecule has 24 heavy (non-hydrogen) atoms. The molecule has 0 aromatic heterocycles. The molecule has 0 unspecified atom stereocenters. The summed E-state index contributed by atoms with van der Waals surface area (Å²) in [5.41, 5.74) is 0. The standard InChI is InChI=1S/C8H10F2O3.C6H6F2O3.H2/c1-3-5-8(9,10)6(11)7(12)13-4-2;1-2-3-6(7,8)4(9)5(10)11;/h3H,1,4-5H2,2H3;2H,1,3H2,(H,10,11);1H. The summed E-state index contributed by atoms with van der Waals surface area (Å²) in [6, 6.07) is 0. The first kappa shape index (κ1) is 23.7. The van der Waals surface area contributed by atoms with Crippen LogP contribution in [-0.2, 0) is 23.9 Å². The first-order valence-corrected chi connectivity index (χ1v) is 6.34. The molecule has 0 spiro atoms. The first-order chi connectivity index (χ1) is 10.9. The van der Waals surface area contributed by atoms with Gasteiger partial charge < -0.3 is 9.84 Å².